The first-order chi connectivity index (χ1) is 10.7. The van der Waals surface area contributed by atoms with Gasteiger partial charge in [-0.15, -0.1) is 11.3 Å². The van der Waals surface area contributed by atoms with Crippen molar-refractivity contribution in [2.24, 2.45) is 0 Å². The summed E-state index contributed by atoms with van der Waals surface area (Å²) < 4.78 is 11.6. The Balaban J connectivity index is 1.74. The Morgan fingerprint density at radius 1 is 1.36 bits per heavy atom. The van der Waals surface area contributed by atoms with Crippen molar-refractivity contribution in [1.82, 2.24) is 5.32 Å². The second-order valence-corrected chi connectivity index (χ2v) is 6.06. The number of furan rings is 1. The number of rotatable bonds is 5. The smallest absolute Gasteiger partial charge is 0.261 e. The van der Waals surface area contributed by atoms with Crippen LogP contribution in [0, 0.1) is 6.92 Å². The molecule has 1 aromatic carbocycles. The van der Waals surface area contributed by atoms with Gasteiger partial charge in [-0.05, 0) is 48.2 Å². The van der Waals surface area contributed by atoms with E-state index in [0.29, 0.717) is 13.0 Å². The molecule has 22 heavy (non-hydrogen) atoms. The number of aryl methyl sites for hydroxylation is 1. The molecule has 0 fully saturated rings. The third kappa shape index (κ3) is 2.85. The number of fused-ring (bicyclic) bond motifs is 1. The van der Waals surface area contributed by atoms with Gasteiger partial charge in [-0.1, -0.05) is 0 Å². The first kappa shape index (κ1) is 14.7. The molecule has 114 valence electrons. The molecule has 0 atom stereocenters. The molecule has 5 heteroatoms. The van der Waals surface area contributed by atoms with Gasteiger partial charge in [0.15, 0.2) is 0 Å². The third-order valence-electron chi connectivity index (χ3n) is 3.59. The van der Waals surface area contributed by atoms with Crippen molar-refractivity contribution < 1.29 is 13.9 Å². The van der Waals surface area contributed by atoms with Crippen LogP contribution in [0.3, 0.4) is 0 Å². The van der Waals surface area contributed by atoms with Gasteiger partial charge < -0.3 is 14.5 Å². The highest BCUT2D eigenvalue weighted by Crippen LogP contribution is 2.33. The first-order valence-electron chi connectivity index (χ1n) is 7.07. The summed E-state index contributed by atoms with van der Waals surface area (Å²) in [6.07, 6.45) is 2.33. The molecule has 0 aliphatic carbocycles. The van der Waals surface area contributed by atoms with E-state index in [1.807, 2.05) is 37.3 Å². The summed E-state index contributed by atoms with van der Waals surface area (Å²) in [7, 11) is 1.64. The Morgan fingerprint density at radius 3 is 2.95 bits per heavy atom. The van der Waals surface area contributed by atoms with E-state index in [1.54, 1.807) is 13.4 Å². The number of hydrogen-bond donors (Lipinski definition) is 1. The van der Waals surface area contributed by atoms with Crippen molar-refractivity contribution >= 4 is 27.3 Å². The lowest BCUT2D eigenvalue weighted by molar-refractivity contribution is 0.0957. The van der Waals surface area contributed by atoms with Crippen LogP contribution in [0.15, 0.2) is 41.0 Å². The van der Waals surface area contributed by atoms with Crippen LogP contribution in [0.2, 0.25) is 0 Å². The summed E-state index contributed by atoms with van der Waals surface area (Å²) in [5, 5.41) is 4.02. The van der Waals surface area contributed by atoms with Crippen LogP contribution in [0.1, 0.15) is 21.0 Å². The SMILES string of the molecule is COc1ccc2sc(C(=O)NCCc3ccco3)c(C)c2c1. The van der Waals surface area contributed by atoms with E-state index in [-0.39, 0.29) is 5.91 Å². The quantitative estimate of drug-likeness (QED) is 0.779. The fourth-order valence-corrected chi connectivity index (χ4v) is 3.48. The van der Waals surface area contributed by atoms with Crippen LogP contribution in [-0.2, 0) is 6.42 Å². The summed E-state index contributed by atoms with van der Waals surface area (Å²) >= 11 is 1.51. The van der Waals surface area contributed by atoms with Crippen molar-refractivity contribution in [2.75, 3.05) is 13.7 Å². The standard InChI is InChI=1S/C17H17NO3S/c1-11-14-10-13(20-2)5-6-15(14)22-16(11)17(19)18-8-7-12-4-3-9-21-12/h3-6,9-10H,7-8H2,1-2H3,(H,18,19). The van der Waals surface area contributed by atoms with Gasteiger partial charge in [0.05, 0.1) is 18.3 Å². The number of thiophene rings is 1. The minimum atomic E-state index is -0.0378. The monoisotopic (exact) mass is 315 g/mol. The zero-order valence-electron chi connectivity index (χ0n) is 12.5. The van der Waals surface area contributed by atoms with Crippen molar-refractivity contribution in [1.29, 1.82) is 0 Å². The van der Waals surface area contributed by atoms with Crippen LogP contribution in [0.25, 0.3) is 10.1 Å². The molecule has 4 nitrogen and oxygen atoms in total. The van der Waals surface area contributed by atoms with E-state index in [2.05, 4.69) is 5.32 Å². The molecule has 0 aliphatic rings. The van der Waals surface area contributed by atoms with E-state index >= 15 is 0 Å². The van der Waals surface area contributed by atoms with Crippen molar-refractivity contribution in [3.05, 3.63) is 52.8 Å². The second-order valence-electron chi connectivity index (χ2n) is 5.00. The molecule has 0 bridgehead atoms. The molecule has 2 aromatic heterocycles. The largest absolute Gasteiger partial charge is 0.497 e. The summed E-state index contributed by atoms with van der Waals surface area (Å²) in [5.74, 6) is 1.64. The Hall–Kier alpha value is -2.27. The maximum absolute atomic E-state index is 12.4. The number of ether oxygens (including phenoxy) is 1. The van der Waals surface area contributed by atoms with E-state index < -0.39 is 0 Å². The number of methoxy groups -OCH3 is 1. The Labute approximate surface area is 132 Å². The molecule has 0 aliphatic heterocycles. The van der Waals surface area contributed by atoms with Gasteiger partial charge in [0.1, 0.15) is 11.5 Å². The lowest BCUT2D eigenvalue weighted by Crippen LogP contribution is -2.25. The van der Waals surface area contributed by atoms with Crippen LogP contribution < -0.4 is 10.1 Å². The van der Waals surface area contributed by atoms with Gasteiger partial charge in [-0.25, -0.2) is 0 Å². The highest BCUT2D eigenvalue weighted by molar-refractivity contribution is 7.21. The molecular formula is C17H17NO3S. The molecular weight excluding hydrogens is 298 g/mol. The fourth-order valence-electron chi connectivity index (χ4n) is 2.38. The van der Waals surface area contributed by atoms with Crippen molar-refractivity contribution in [2.45, 2.75) is 13.3 Å². The van der Waals surface area contributed by atoms with Crippen LogP contribution in [-0.4, -0.2) is 19.6 Å². The Morgan fingerprint density at radius 2 is 2.23 bits per heavy atom. The molecule has 0 radical (unpaired) electrons. The van der Waals surface area contributed by atoms with Crippen LogP contribution in [0.4, 0.5) is 0 Å². The number of nitrogens with one attached hydrogen (secondary N) is 1. The molecule has 0 saturated carbocycles. The molecule has 2 heterocycles. The van der Waals surface area contributed by atoms with Crippen molar-refractivity contribution in [3.63, 3.8) is 0 Å². The fraction of sp³-hybridized carbons (Fsp3) is 0.235. The lowest BCUT2D eigenvalue weighted by atomic mass is 10.1. The number of carbonyl (C=O) groups excluding carboxylic acids is 1. The minimum absolute atomic E-state index is 0.0378. The Bertz CT molecular complexity index is 790. The summed E-state index contributed by atoms with van der Waals surface area (Å²) in [4.78, 5) is 13.1. The highest BCUT2D eigenvalue weighted by Gasteiger charge is 2.15. The third-order valence-corrected chi connectivity index (χ3v) is 4.86. The summed E-state index contributed by atoms with van der Waals surface area (Å²) in [6, 6.07) is 9.63. The minimum Gasteiger partial charge on any atom is -0.497 e. The van der Waals surface area contributed by atoms with Gasteiger partial charge in [0.25, 0.3) is 5.91 Å². The lowest BCUT2D eigenvalue weighted by Gasteiger charge is -2.03. The molecule has 0 saturated heterocycles. The highest BCUT2D eigenvalue weighted by atomic mass is 32.1. The maximum atomic E-state index is 12.4. The maximum Gasteiger partial charge on any atom is 0.261 e. The van der Waals surface area contributed by atoms with Crippen LogP contribution in [0.5, 0.6) is 5.75 Å². The molecule has 1 amide bonds. The van der Waals surface area contributed by atoms with E-state index in [4.69, 9.17) is 9.15 Å². The zero-order valence-corrected chi connectivity index (χ0v) is 13.3. The number of carbonyl (C=O) groups is 1. The van der Waals surface area contributed by atoms with Gasteiger partial charge >= 0.3 is 0 Å². The summed E-state index contributed by atoms with van der Waals surface area (Å²) in [6.45, 7) is 2.53. The second kappa shape index (κ2) is 6.23. The zero-order chi connectivity index (χ0) is 15.5. The average Bonchev–Trinajstić information content (AvgIpc) is 3.15. The number of amides is 1. The predicted molar refractivity (Wildman–Crippen MR) is 87.9 cm³/mol. The summed E-state index contributed by atoms with van der Waals surface area (Å²) in [5.41, 5.74) is 0.995. The van der Waals surface area contributed by atoms with Gasteiger partial charge in [0, 0.05) is 17.7 Å². The van der Waals surface area contributed by atoms with E-state index in [0.717, 1.165) is 32.0 Å². The van der Waals surface area contributed by atoms with Gasteiger partial charge in [0.2, 0.25) is 0 Å². The molecule has 3 aromatic rings. The molecule has 0 spiro atoms. The molecule has 0 unspecified atom stereocenters. The number of benzene rings is 1. The topological polar surface area (TPSA) is 51.5 Å². The normalized spacial score (nSPS) is 10.8. The first-order valence-corrected chi connectivity index (χ1v) is 7.88. The van der Waals surface area contributed by atoms with Gasteiger partial charge in [-0.3, -0.25) is 4.79 Å². The van der Waals surface area contributed by atoms with Crippen LogP contribution >= 0.6 is 11.3 Å². The van der Waals surface area contributed by atoms with E-state index in [9.17, 15) is 4.79 Å². The van der Waals surface area contributed by atoms with Gasteiger partial charge in [-0.2, -0.15) is 0 Å². The molecule has 1 N–H and O–H groups in total. The van der Waals surface area contributed by atoms with Crippen molar-refractivity contribution in [3.8, 4) is 5.75 Å². The van der Waals surface area contributed by atoms with E-state index in [1.165, 1.54) is 11.3 Å². The number of hydrogen-bond acceptors (Lipinski definition) is 4. The predicted octanol–water partition coefficient (Wildman–Crippen LogP) is 3.78. The Kier molecular flexibility index (Phi) is 4.15. The average molecular weight is 315 g/mol. The molecule has 3 rings (SSSR count).